The van der Waals surface area contributed by atoms with E-state index >= 15 is 0 Å². The van der Waals surface area contributed by atoms with Crippen molar-refractivity contribution in [1.29, 1.82) is 0 Å². The van der Waals surface area contributed by atoms with E-state index < -0.39 is 0 Å². The zero-order valence-electron chi connectivity index (χ0n) is 31.8. The van der Waals surface area contributed by atoms with Gasteiger partial charge in [0, 0.05) is 28.6 Å². The van der Waals surface area contributed by atoms with E-state index in [2.05, 4.69) is 197 Å². The van der Waals surface area contributed by atoms with Gasteiger partial charge in [-0.2, -0.15) is 0 Å². The third-order valence-electron chi connectivity index (χ3n) is 9.90. The van der Waals surface area contributed by atoms with Crippen molar-refractivity contribution in [2.45, 2.75) is 78.6 Å². The molecule has 4 nitrogen and oxygen atoms in total. The summed E-state index contributed by atoms with van der Waals surface area (Å²) >= 11 is 4.15. The van der Waals surface area contributed by atoms with Crippen LogP contribution >= 0.6 is 15.9 Å². The molecule has 5 aromatic carbocycles. The largest absolute Gasteiger partial charge is 0.456 e. The predicted molar refractivity (Wildman–Crippen MR) is 225 cm³/mol. The highest BCUT2D eigenvalue weighted by Crippen LogP contribution is 2.49. The van der Waals surface area contributed by atoms with Crippen LogP contribution in [0.25, 0.3) is 21.9 Å². The van der Waals surface area contributed by atoms with Crippen LogP contribution < -0.4 is 9.80 Å². The van der Waals surface area contributed by atoms with Crippen LogP contribution in [-0.4, -0.2) is 4.98 Å². The topological polar surface area (TPSA) is 32.5 Å². The van der Waals surface area contributed by atoms with Gasteiger partial charge in [-0.3, -0.25) is 4.90 Å². The van der Waals surface area contributed by atoms with Crippen molar-refractivity contribution in [3.05, 3.63) is 149 Å². The molecule has 52 heavy (non-hydrogen) atoms. The summed E-state index contributed by atoms with van der Waals surface area (Å²) in [5, 5.41) is 2.14. The smallest absolute Gasteiger partial charge is 0.154 e. The number of hydrogen-bond donors (Lipinski definition) is 0. The van der Waals surface area contributed by atoms with Gasteiger partial charge in [0.2, 0.25) is 0 Å². The third kappa shape index (κ3) is 6.75. The van der Waals surface area contributed by atoms with Gasteiger partial charge in [-0.15, -0.1) is 0 Å². The van der Waals surface area contributed by atoms with Crippen LogP contribution in [0.1, 0.15) is 79.0 Å². The molecule has 0 unspecified atom stereocenters. The van der Waals surface area contributed by atoms with E-state index in [0.29, 0.717) is 0 Å². The fourth-order valence-electron chi connectivity index (χ4n) is 6.83. The summed E-state index contributed by atoms with van der Waals surface area (Å²) in [6.45, 7) is 20.2. The molecular weight excluding hydrogens is 702 g/mol. The average Bonchev–Trinajstić information content (AvgIpc) is 3.49. The highest BCUT2D eigenvalue weighted by Gasteiger charge is 2.27. The van der Waals surface area contributed by atoms with Crippen molar-refractivity contribution in [1.82, 2.24) is 4.98 Å². The van der Waals surface area contributed by atoms with Gasteiger partial charge < -0.3 is 9.32 Å². The maximum absolute atomic E-state index is 6.39. The maximum Gasteiger partial charge on any atom is 0.154 e. The maximum atomic E-state index is 6.39. The zero-order chi connectivity index (χ0) is 37.0. The molecule has 0 saturated carbocycles. The Morgan fingerprint density at radius 2 is 0.942 bits per heavy atom. The van der Waals surface area contributed by atoms with E-state index in [4.69, 9.17) is 9.40 Å². The second-order valence-electron chi connectivity index (χ2n) is 16.8. The minimum absolute atomic E-state index is 0.0279. The number of hydrogen-bond acceptors (Lipinski definition) is 4. The number of para-hydroxylation sites is 1. The van der Waals surface area contributed by atoms with Crippen molar-refractivity contribution < 1.29 is 4.42 Å². The zero-order valence-corrected chi connectivity index (χ0v) is 33.3. The lowest BCUT2D eigenvalue weighted by Crippen LogP contribution is -2.17. The summed E-state index contributed by atoms with van der Waals surface area (Å²) < 4.78 is 7.27. The fraction of sp³-hybridized carbons (Fsp3) is 0.255. The molecular formula is C47H48BrN3O. The highest BCUT2D eigenvalue weighted by molar-refractivity contribution is 9.10. The molecule has 264 valence electrons. The van der Waals surface area contributed by atoms with Gasteiger partial charge in [-0.25, -0.2) is 4.98 Å². The lowest BCUT2D eigenvalue weighted by atomic mass is 9.87. The molecule has 0 bridgehead atoms. The van der Waals surface area contributed by atoms with Gasteiger partial charge in [0.15, 0.2) is 5.82 Å². The number of rotatable bonds is 6. The Bertz CT molecular complexity index is 2290. The van der Waals surface area contributed by atoms with E-state index in [-0.39, 0.29) is 16.2 Å². The molecule has 0 aliphatic rings. The van der Waals surface area contributed by atoms with Crippen molar-refractivity contribution in [2.75, 3.05) is 9.80 Å². The average molecular weight is 751 g/mol. The summed E-state index contributed by atoms with van der Waals surface area (Å²) in [6, 6.07) is 43.4. The summed E-state index contributed by atoms with van der Waals surface area (Å²) in [6.07, 6.45) is 1.92. The van der Waals surface area contributed by atoms with Gasteiger partial charge in [-0.1, -0.05) is 123 Å². The molecule has 7 rings (SSSR count). The molecule has 0 atom stereocenters. The Morgan fingerprint density at radius 1 is 0.481 bits per heavy atom. The molecule has 5 heteroatoms. The van der Waals surface area contributed by atoms with Gasteiger partial charge >= 0.3 is 0 Å². The second-order valence-corrected chi connectivity index (χ2v) is 17.6. The minimum Gasteiger partial charge on any atom is -0.456 e. The number of furan rings is 1. The van der Waals surface area contributed by atoms with Crippen LogP contribution in [0.2, 0.25) is 0 Å². The minimum atomic E-state index is 0.0279. The normalized spacial score (nSPS) is 12.4. The van der Waals surface area contributed by atoms with Crippen molar-refractivity contribution in [3.8, 4) is 0 Å². The Balaban J connectivity index is 1.46. The molecule has 0 N–H and O–H groups in total. The lowest BCUT2D eigenvalue weighted by Gasteiger charge is -2.31. The Kier molecular flexibility index (Phi) is 9.07. The number of anilines is 6. The molecule has 0 amide bonds. The Labute approximate surface area is 317 Å². The number of benzene rings is 5. The van der Waals surface area contributed by atoms with Crippen LogP contribution in [0.4, 0.5) is 34.3 Å². The first-order chi connectivity index (χ1) is 24.6. The van der Waals surface area contributed by atoms with E-state index in [1.54, 1.807) is 0 Å². The Morgan fingerprint density at radius 3 is 1.44 bits per heavy atom. The van der Waals surface area contributed by atoms with Crippen molar-refractivity contribution in [2.24, 2.45) is 0 Å². The molecule has 7 aromatic rings. The summed E-state index contributed by atoms with van der Waals surface area (Å²) in [5.41, 5.74) is 10.8. The monoisotopic (exact) mass is 749 g/mol. The summed E-state index contributed by atoms with van der Waals surface area (Å²) in [5.74, 6) is 0.796. The van der Waals surface area contributed by atoms with Crippen molar-refractivity contribution in [3.63, 3.8) is 0 Å². The van der Waals surface area contributed by atoms with Crippen LogP contribution in [-0.2, 0) is 16.2 Å². The lowest BCUT2D eigenvalue weighted by molar-refractivity contribution is 0.590. The molecule has 0 aliphatic heterocycles. The summed E-state index contributed by atoms with van der Waals surface area (Å²) in [7, 11) is 0. The van der Waals surface area contributed by atoms with Crippen molar-refractivity contribution >= 4 is 72.1 Å². The van der Waals surface area contributed by atoms with Gasteiger partial charge in [-0.05, 0) is 110 Å². The first-order valence-corrected chi connectivity index (χ1v) is 18.9. The van der Waals surface area contributed by atoms with E-state index in [9.17, 15) is 0 Å². The van der Waals surface area contributed by atoms with Crippen LogP contribution in [0.15, 0.2) is 136 Å². The van der Waals surface area contributed by atoms with Crippen LogP contribution in [0.5, 0.6) is 0 Å². The van der Waals surface area contributed by atoms with Crippen LogP contribution in [0.3, 0.4) is 0 Å². The Hall–Kier alpha value is -4.87. The standard InChI is InChI=1S/C47H48BrN3O/c1-45(2,3)31-17-23-34(24-18-31)50(35-25-19-32(20-26-35)46(4,5)6)44-43(48)39(29-30-49-44)51(36-27-21-33(22-28-36)47(7,8)9)38-14-12-16-41-42(38)37-13-10-11-15-40(37)52-41/h10-30H,1-9H3. The molecule has 2 aromatic heterocycles. The number of fused-ring (bicyclic) bond motifs is 3. The second kappa shape index (κ2) is 13.3. The number of halogens is 1. The third-order valence-corrected chi connectivity index (χ3v) is 10.7. The van der Waals surface area contributed by atoms with E-state index in [1.165, 1.54) is 16.7 Å². The SMILES string of the molecule is CC(C)(C)c1ccc(N(c2ccc(C(C)(C)C)cc2)c2nccc(N(c3ccc(C(C)(C)C)cc3)c3cccc4oc5ccccc5c34)c2Br)cc1. The number of aromatic nitrogens is 1. The van der Waals surface area contributed by atoms with Gasteiger partial charge in [0.1, 0.15) is 11.2 Å². The molecule has 0 spiro atoms. The van der Waals surface area contributed by atoms with E-state index in [1.807, 2.05) is 18.3 Å². The molecule has 0 aliphatic carbocycles. The van der Waals surface area contributed by atoms with Crippen LogP contribution in [0, 0.1) is 0 Å². The summed E-state index contributed by atoms with van der Waals surface area (Å²) in [4.78, 5) is 9.67. The van der Waals surface area contributed by atoms with Gasteiger partial charge in [0.25, 0.3) is 0 Å². The number of pyridine rings is 1. The molecule has 2 heterocycles. The van der Waals surface area contributed by atoms with Gasteiger partial charge in [0.05, 0.1) is 21.2 Å². The number of nitrogens with zero attached hydrogens (tertiary/aromatic N) is 3. The molecule has 0 saturated heterocycles. The van der Waals surface area contributed by atoms with E-state index in [0.717, 1.165) is 60.7 Å². The quantitative estimate of drug-likeness (QED) is 0.169. The molecule has 0 fully saturated rings. The highest BCUT2D eigenvalue weighted by atomic mass is 79.9. The first kappa shape index (κ1) is 35.5. The fourth-order valence-corrected chi connectivity index (χ4v) is 7.42. The predicted octanol–water partition coefficient (Wildman–Crippen LogP) is 14.6. The first-order valence-electron chi connectivity index (χ1n) is 18.1. The molecule has 0 radical (unpaired) electrons.